The number of allylic oxidation sites excluding steroid dienone is 2. The van der Waals surface area contributed by atoms with Crippen LogP contribution < -0.4 is 16.0 Å². The fourth-order valence-corrected chi connectivity index (χ4v) is 5.31. The predicted molar refractivity (Wildman–Crippen MR) is 145 cm³/mol. The minimum atomic E-state index is -0.350. The third kappa shape index (κ3) is 6.23. The molecule has 8 heteroatoms. The average molecular weight is 493 g/mol. The van der Waals surface area contributed by atoms with E-state index < -0.39 is 0 Å². The van der Waals surface area contributed by atoms with Gasteiger partial charge in [0.25, 0.3) is 0 Å². The Labute approximate surface area is 214 Å². The van der Waals surface area contributed by atoms with Crippen LogP contribution in [-0.4, -0.2) is 67.0 Å². The predicted octanol–water partition coefficient (Wildman–Crippen LogP) is 3.85. The van der Waals surface area contributed by atoms with Crippen LogP contribution in [0.5, 0.6) is 0 Å². The van der Waals surface area contributed by atoms with Crippen LogP contribution in [-0.2, 0) is 16.0 Å². The SMILES string of the molecule is COC1=C(C(C)C)c2nc(Nc3ccc(N4CCN(CC(C)CC(N)C=O)CC4)cc3)ncc2CC1. The second-order valence-electron chi connectivity index (χ2n) is 10.4. The summed E-state index contributed by atoms with van der Waals surface area (Å²) in [4.78, 5) is 25.1. The van der Waals surface area contributed by atoms with Crippen LogP contribution in [0.1, 0.15) is 44.9 Å². The quantitative estimate of drug-likeness (QED) is 0.483. The zero-order chi connectivity index (χ0) is 25.7. The lowest BCUT2D eigenvalue weighted by atomic mass is 9.88. The molecule has 1 fully saturated rings. The molecule has 4 rings (SSSR count). The Bertz CT molecular complexity index is 1060. The van der Waals surface area contributed by atoms with Gasteiger partial charge in [-0.15, -0.1) is 0 Å². The molecule has 0 radical (unpaired) electrons. The van der Waals surface area contributed by atoms with Crippen molar-refractivity contribution >= 4 is 29.2 Å². The molecule has 1 aromatic heterocycles. The summed E-state index contributed by atoms with van der Waals surface area (Å²) < 4.78 is 5.67. The molecule has 2 heterocycles. The number of hydrogen-bond donors (Lipinski definition) is 2. The number of carbonyl (C=O) groups is 1. The molecule has 2 aromatic rings. The van der Waals surface area contributed by atoms with Crippen LogP contribution >= 0.6 is 0 Å². The minimum absolute atomic E-state index is 0.332. The second-order valence-corrected chi connectivity index (χ2v) is 10.4. The van der Waals surface area contributed by atoms with Crippen LogP contribution in [0.15, 0.2) is 36.2 Å². The number of aldehydes is 1. The molecule has 1 aromatic carbocycles. The van der Waals surface area contributed by atoms with E-state index in [-0.39, 0.29) is 6.04 Å². The maximum Gasteiger partial charge on any atom is 0.227 e. The largest absolute Gasteiger partial charge is 0.501 e. The molecule has 3 N–H and O–H groups in total. The van der Waals surface area contributed by atoms with Crippen LogP contribution in [0.2, 0.25) is 0 Å². The van der Waals surface area contributed by atoms with Crippen molar-refractivity contribution in [3.05, 3.63) is 47.5 Å². The number of nitrogens with two attached hydrogens (primary N) is 1. The third-order valence-corrected chi connectivity index (χ3v) is 7.15. The van der Waals surface area contributed by atoms with Crippen molar-refractivity contribution in [2.24, 2.45) is 17.6 Å². The highest BCUT2D eigenvalue weighted by Crippen LogP contribution is 2.35. The van der Waals surface area contributed by atoms with Crippen LogP contribution in [0, 0.1) is 11.8 Å². The molecule has 0 amide bonds. The van der Waals surface area contributed by atoms with Gasteiger partial charge in [0.2, 0.25) is 5.95 Å². The van der Waals surface area contributed by atoms with Gasteiger partial charge >= 0.3 is 0 Å². The highest BCUT2D eigenvalue weighted by atomic mass is 16.5. The van der Waals surface area contributed by atoms with Crippen molar-refractivity contribution in [1.82, 2.24) is 14.9 Å². The van der Waals surface area contributed by atoms with E-state index in [1.54, 1.807) is 7.11 Å². The van der Waals surface area contributed by atoms with Crippen LogP contribution in [0.25, 0.3) is 5.57 Å². The Morgan fingerprint density at radius 1 is 1.11 bits per heavy atom. The van der Waals surface area contributed by atoms with Gasteiger partial charge in [0.15, 0.2) is 0 Å². The number of fused-ring (bicyclic) bond motifs is 1. The standard InChI is InChI=1S/C28H40N6O2/c1-19(2)26-25(36-4)10-5-21-16-30-28(32-27(21)26)31-23-6-8-24(9-7-23)34-13-11-33(12-14-34)17-20(3)15-22(29)18-35/h6-9,16,18-20,22H,5,10-15,17,29H2,1-4H3,(H,30,31,32). The third-order valence-electron chi connectivity index (χ3n) is 7.15. The maximum atomic E-state index is 10.8. The second kappa shape index (κ2) is 11.8. The van der Waals surface area contributed by atoms with Crippen molar-refractivity contribution in [1.29, 1.82) is 0 Å². The zero-order valence-electron chi connectivity index (χ0n) is 22.0. The molecule has 194 valence electrons. The fourth-order valence-electron chi connectivity index (χ4n) is 5.31. The van der Waals surface area contributed by atoms with Crippen LogP contribution in [0.3, 0.4) is 0 Å². The van der Waals surface area contributed by atoms with Gasteiger partial charge in [-0.05, 0) is 54.5 Å². The first-order valence-electron chi connectivity index (χ1n) is 13.1. The lowest BCUT2D eigenvalue weighted by molar-refractivity contribution is -0.109. The van der Waals surface area contributed by atoms with Gasteiger partial charge in [-0.25, -0.2) is 9.97 Å². The molecule has 1 aliphatic heterocycles. The topological polar surface area (TPSA) is 96.6 Å². The molecule has 2 atom stereocenters. The number of nitrogens with one attached hydrogen (secondary N) is 1. The Balaban J connectivity index is 1.35. The van der Waals surface area contributed by atoms with Gasteiger partial charge < -0.3 is 25.5 Å². The number of nitrogens with zero attached hydrogens (tertiary/aromatic N) is 4. The number of methoxy groups -OCH3 is 1. The lowest BCUT2D eigenvalue weighted by Crippen LogP contribution is -2.48. The van der Waals surface area contributed by atoms with E-state index >= 15 is 0 Å². The van der Waals surface area contributed by atoms with Gasteiger partial charge in [-0.1, -0.05) is 20.8 Å². The van der Waals surface area contributed by atoms with Crippen molar-refractivity contribution in [3.8, 4) is 0 Å². The van der Waals surface area contributed by atoms with Crippen molar-refractivity contribution in [2.75, 3.05) is 50.1 Å². The van der Waals surface area contributed by atoms with Gasteiger partial charge in [0, 0.05) is 62.3 Å². The summed E-state index contributed by atoms with van der Waals surface area (Å²) >= 11 is 0. The summed E-state index contributed by atoms with van der Waals surface area (Å²) in [6.45, 7) is 11.5. The van der Waals surface area contributed by atoms with Gasteiger partial charge in [0.1, 0.15) is 12.0 Å². The van der Waals surface area contributed by atoms with E-state index in [0.717, 1.165) is 75.4 Å². The number of rotatable bonds is 10. The Kier molecular flexibility index (Phi) is 8.59. The highest BCUT2D eigenvalue weighted by Gasteiger charge is 2.24. The Hall–Kier alpha value is -2.97. The Morgan fingerprint density at radius 3 is 2.47 bits per heavy atom. The zero-order valence-corrected chi connectivity index (χ0v) is 22.0. The number of anilines is 3. The van der Waals surface area contributed by atoms with Crippen molar-refractivity contribution < 1.29 is 9.53 Å². The summed E-state index contributed by atoms with van der Waals surface area (Å²) in [5.41, 5.74) is 11.3. The average Bonchev–Trinajstić information content (AvgIpc) is 2.88. The summed E-state index contributed by atoms with van der Waals surface area (Å²) in [6, 6.07) is 8.15. The number of ether oxygens (including phenoxy) is 1. The number of piperazine rings is 1. The molecule has 1 aliphatic carbocycles. The molecule has 2 aliphatic rings. The van der Waals surface area contributed by atoms with Crippen LogP contribution in [0.4, 0.5) is 17.3 Å². The van der Waals surface area contributed by atoms with E-state index in [4.69, 9.17) is 15.5 Å². The molecule has 1 saturated heterocycles. The van der Waals surface area contributed by atoms with E-state index in [2.05, 4.69) is 65.1 Å². The van der Waals surface area contributed by atoms with E-state index in [0.29, 0.717) is 17.8 Å². The smallest absolute Gasteiger partial charge is 0.227 e. The molecule has 0 saturated carbocycles. The number of aromatic nitrogens is 2. The molecular weight excluding hydrogens is 452 g/mol. The first-order valence-corrected chi connectivity index (χ1v) is 13.1. The first-order chi connectivity index (χ1) is 17.4. The molecule has 8 nitrogen and oxygen atoms in total. The van der Waals surface area contributed by atoms with Gasteiger partial charge in [-0.2, -0.15) is 0 Å². The molecule has 2 unspecified atom stereocenters. The van der Waals surface area contributed by atoms with E-state index in [1.807, 2.05) is 6.20 Å². The summed E-state index contributed by atoms with van der Waals surface area (Å²) in [5, 5.41) is 3.38. The molecule has 0 bridgehead atoms. The number of carbonyl (C=O) groups excluding carboxylic acids is 1. The highest BCUT2D eigenvalue weighted by molar-refractivity contribution is 5.71. The maximum absolute atomic E-state index is 10.8. The fraction of sp³-hybridized carbons (Fsp3) is 0.536. The monoisotopic (exact) mass is 492 g/mol. The normalized spacial score (nSPS) is 18.1. The van der Waals surface area contributed by atoms with Gasteiger partial charge in [0.05, 0.1) is 18.8 Å². The molecule has 36 heavy (non-hydrogen) atoms. The number of benzene rings is 1. The van der Waals surface area contributed by atoms with E-state index in [9.17, 15) is 4.79 Å². The summed E-state index contributed by atoms with van der Waals surface area (Å²) in [6.07, 6.45) is 5.34. The number of aryl methyl sites for hydroxylation is 1. The summed E-state index contributed by atoms with van der Waals surface area (Å²) in [5.74, 6) is 2.39. The van der Waals surface area contributed by atoms with Crippen molar-refractivity contribution in [3.63, 3.8) is 0 Å². The van der Waals surface area contributed by atoms with Crippen molar-refractivity contribution in [2.45, 2.75) is 46.1 Å². The lowest BCUT2D eigenvalue weighted by Gasteiger charge is -2.37. The first kappa shape index (κ1) is 26.1. The van der Waals surface area contributed by atoms with E-state index in [1.165, 1.54) is 16.8 Å². The Morgan fingerprint density at radius 2 is 1.83 bits per heavy atom. The minimum Gasteiger partial charge on any atom is -0.501 e. The van der Waals surface area contributed by atoms with Gasteiger partial charge in [-0.3, -0.25) is 4.90 Å². The summed E-state index contributed by atoms with van der Waals surface area (Å²) in [7, 11) is 1.75. The molecule has 0 spiro atoms. The number of hydrogen-bond acceptors (Lipinski definition) is 8. The molecular formula is C28H40N6O2.